The van der Waals surface area contributed by atoms with Crippen molar-refractivity contribution in [1.29, 1.82) is 0 Å². The first-order valence-corrected chi connectivity index (χ1v) is 4.54. The van der Waals surface area contributed by atoms with Crippen LogP contribution in [0.1, 0.15) is 18.2 Å². The number of halogens is 1. The van der Waals surface area contributed by atoms with Gasteiger partial charge < -0.3 is 5.73 Å². The highest BCUT2D eigenvalue weighted by molar-refractivity contribution is 6.30. The maximum Gasteiger partial charge on any atom is 0.270 e. The van der Waals surface area contributed by atoms with Crippen LogP contribution in [0.25, 0.3) is 0 Å². The van der Waals surface area contributed by atoms with Gasteiger partial charge in [0.05, 0.1) is 11.9 Å². The van der Waals surface area contributed by atoms with E-state index in [9.17, 15) is 9.59 Å². The van der Waals surface area contributed by atoms with Crippen LogP contribution in [-0.2, 0) is 11.2 Å². The minimum Gasteiger partial charge on any atom is -0.368 e. The van der Waals surface area contributed by atoms with Crippen molar-refractivity contribution in [3.8, 4) is 0 Å². The van der Waals surface area contributed by atoms with E-state index in [1.54, 1.807) is 0 Å². The molecule has 1 unspecified atom stereocenters. The van der Waals surface area contributed by atoms with Gasteiger partial charge in [0, 0.05) is 0 Å². The Bertz CT molecular complexity index is 454. The van der Waals surface area contributed by atoms with Crippen molar-refractivity contribution in [1.82, 2.24) is 9.55 Å². The highest BCUT2D eigenvalue weighted by atomic mass is 35.5. The summed E-state index contributed by atoms with van der Waals surface area (Å²) in [6, 6.07) is -0.571. The van der Waals surface area contributed by atoms with Gasteiger partial charge in [0.25, 0.3) is 5.56 Å². The Kier molecular flexibility index (Phi) is 2.03. The van der Waals surface area contributed by atoms with E-state index in [0.29, 0.717) is 18.5 Å². The number of carbonyl (C=O) groups excluding carboxylic acids is 1. The average molecular weight is 214 g/mol. The van der Waals surface area contributed by atoms with Crippen LogP contribution in [0.4, 0.5) is 0 Å². The molecular formula is C8H8ClN3O2. The molecule has 0 bridgehead atoms. The van der Waals surface area contributed by atoms with Gasteiger partial charge in [-0.05, 0) is 12.8 Å². The molecule has 0 aromatic carbocycles. The van der Waals surface area contributed by atoms with E-state index >= 15 is 0 Å². The molecule has 5 nitrogen and oxygen atoms in total. The molecule has 74 valence electrons. The smallest absolute Gasteiger partial charge is 0.270 e. The molecule has 0 spiro atoms. The molecule has 0 saturated heterocycles. The van der Waals surface area contributed by atoms with Gasteiger partial charge in [-0.2, -0.15) is 0 Å². The fourth-order valence-electron chi connectivity index (χ4n) is 1.72. The number of fused-ring (bicyclic) bond motifs is 1. The Morgan fingerprint density at radius 1 is 1.71 bits per heavy atom. The minimum absolute atomic E-state index is 0.272. The normalized spacial score (nSPS) is 19.4. The van der Waals surface area contributed by atoms with Gasteiger partial charge in [0.15, 0.2) is 0 Å². The molecule has 0 fully saturated rings. The highest BCUT2D eigenvalue weighted by Crippen LogP contribution is 2.26. The van der Waals surface area contributed by atoms with E-state index in [4.69, 9.17) is 17.3 Å². The lowest BCUT2D eigenvalue weighted by Crippen LogP contribution is -2.31. The molecule has 14 heavy (non-hydrogen) atoms. The summed E-state index contributed by atoms with van der Waals surface area (Å²) in [4.78, 5) is 26.2. The summed E-state index contributed by atoms with van der Waals surface area (Å²) < 4.78 is 1.33. The Balaban J connectivity index is 2.64. The minimum atomic E-state index is -0.571. The maximum atomic E-state index is 11.4. The summed E-state index contributed by atoms with van der Waals surface area (Å²) in [6.07, 6.45) is 2.19. The Morgan fingerprint density at radius 3 is 3.07 bits per heavy atom. The van der Waals surface area contributed by atoms with E-state index in [1.807, 2.05) is 0 Å². The standard InChI is InChI=1S/C8H8ClN3O2/c9-7-4-1-2-5(8(10)14)12(4)6(13)3-11-7/h3,5H,1-2H2,(H2,10,14). The largest absolute Gasteiger partial charge is 0.368 e. The molecule has 1 aromatic heterocycles. The van der Waals surface area contributed by atoms with Crippen molar-refractivity contribution in [3.63, 3.8) is 0 Å². The zero-order valence-corrected chi connectivity index (χ0v) is 7.99. The van der Waals surface area contributed by atoms with Crippen LogP contribution in [0.3, 0.4) is 0 Å². The second-order valence-corrected chi connectivity index (χ2v) is 3.52. The van der Waals surface area contributed by atoms with Crippen LogP contribution < -0.4 is 11.3 Å². The van der Waals surface area contributed by atoms with Gasteiger partial charge in [-0.3, -0.25) is 14.2 Å². The summed E-state index contributed by atoms with van der Waals surface area (Å²) in [5.41, 5.74) is 5.44. The number of hydrogen-bond acceptors (Lipinski definition) is 3. The summed E-state index contributed by atoms with van der Waals surface area (Å²) in [5.74, 6) is -0.506. The molecule has 2 heterocycles. The van der Waals surface area contributed by atoms with Crippen molar-refractivity contribution in [2.75, 3.05) is 0 Å². The third-order valence-electron chi connectivity index (χ3n) is 2.35. The summed E-state index contributed by atoms with van der Waals surface area (Å²) in [6.45, 7) is 0. The Labute approximate surface area is 84.5 Å². The van der Waals surface area contributed by atoms with Gasteiger partial charge in [-0.1, -0.05) is 11.6 Å². The third kappa shape index (κ3) is 1.21. The van der Waals surface area contributed by atoms with E-state index < -0.39 is 11.9 Å². The first-order valence-electron chi connectivity index (χ1n) is 4.16. The molecule has 1 aliphatic heterocycles. The molecule has 1 atom stereocenters. The van der Waals surface area contributed by atoms with Crippen LogP contribution in [0.5, 0.6) is 0 Å². The first-order chi connectivity index (χ1) is 6.61. The SMILES string of the molecule is NC(=O)C1CCc2c(Cl)ncc(=O)n21. The van der Waals surface area contributed by atoms with Gasteiger partial charge in [0.2, 0.25) is 5.91 Å². The molecule has 0 radical (unpaired) electrons. The van der Waals surface area contributed by atoms with Gasteiger partial charge >= 0.3 is 0 Å². The number of amides is 1. The second-order valence-electron chi connectivity index (χ2n) is 3.16. The van der Waals surface area contributed by atoms with Crippen LogP contribution >= 0.6 is 11.6 Å². The maximum absolute atomic E-state index is 11.4. The zero-order valence-electron chi connectivity index (χ0n) is 7.24. The third-order valence-corrected chi connectivity index (χ3v) is 2.67. The van der Waals surface area contributed by atoms with E-state index in [0.717, 1.165) is 6.20 Å². The molecule has 0 saturated carbocycles. The van der Waals surface area contributed by atoms with Gasteiger partial charge in [-0.15, -0.1) is 0 Å². The predicted octanol–water partition coefficient (Wildman–Crippen LogP) is -0.131. The van der Waals surface area contributed by atoms with Gasteiger partial charge in [0.1, 0.15) is 11.2 Å². The van der Waals surface area contributed by atoms with Crippen LogP contribution in [0, 0.1) is 0 Å². The lowest BCUT2D eigenvalue weighted by atomic mass is 10.2. The van der Waals surface area contributed by atoms with Crippen molar-refractivity contribution in [2.24, 2.45) is 5.73 Å². The van der Waals surface area contributed by atoms with E-state index in [-0.39, 0.29) is 10.7 Å². The number of aromatic nitrogens is 2. The summed E-state index contributed by atoms with van der Waals surface area (Å²) in [7, 11) is 0. The summed E-state index contributed by atoms with van der Waals surface area (Å²) in [5, 5.41) is 0.272. The molecule has 2 N–H and O–H groups in total. The fourth-order valence-corrected chi connectivity index (χ4v) is 1.95. The molecule has 1 aromatic rings. The van der Waals surface area contributed by atoms with Crippen molar-refractivity contribution >= 4 is 17.5 Å². The number of nitrogens with zero attached hydrogens (tertiary/aromatic N) is 2. The molecular weight excluding hydrogens is 206 g/mol. The summed E-state index contributed by atoms with van der Waals surface area (Å²) >= 11 is 5.79. The average Bonchev–Trinajstić information content (AvgIpc) is 2.56. The fraction of sp³-hybridized carbons (Fsp3) is 0.375. The number of nitrogens with two attached hydrogens (primary N) is 1. The molecule has 0 aliphatic carbocycles. The van der Waals surface area contributed by atoms with E-state index in [1.165, 1.54) is 4.57 Å². The molecule has 1 amide bonds. The Hall–Kier alpha value is -1.36. The first kappa shape index (κ1) is 9.21. The van der Waals surface area contributed by atoms with Crippen LogP contribution in [0.2, 0.25) is 5.15 Å². The monoisotopic (exact) mass is 213 g/mol. The van der Waals surface area contributed by atoms with Crippen molar-refractivity contribution < 1.29 is 4.79 Å². The van der Waals surface area contributed by atoms with Crippen LogP contribution in [-0.4, -0.2) is 15.5 Å². The zero-order chi connectivity index (χ0) is 10.3. The van der Waals surface area contributed by atoms with Crippen LogP contribution in [0.15, 0.2) is 11.0 Å². The number of carbonyl (C=O) groups is 1. The molecule has 2 rings (SSSR count). The van der Waals surface area contributed by atoms with Crippen molar-refractivity contribution in [2.45, 2.75) is 18.9 Å². The number of rotatable bonds is 1. The Morgan fingerprint density at radius 2 is 2.43 bits per heavy atom. The van der Waals surface area contributed by atoms with Gasteiger partial charge in [-0.25, -0.2) is 4.98 Å². The number of primary amides is 1. The predicted molar refractivity (Wildman–Crippen MR) is 50.1 cm³/mol. The molecule has 6 heteroatoms. The topological polar surface area (TPSA) is 78.0 Å². The second kappa shape index (κ2) is 3.09. The highest BCUT2D eigenvalue weighted by Gasteiger charge is 2.29. The van der Waals surface area contributed by atoms with E-state index in [2.05, 4.69) is 4.98 Å². The van der Waals surface area contributed by atoms with Crippen molar-refractivity contribution in [3.05, 3.63) is 27.4 Å². The quantitative estimate of drug-likeness (QED) is 0.706. The number of hydrogen-bond donors (Lipinski definition) is 1. The molecule has 1 aliphatic rings. The lowest BCUT2D eigenvalue weighted by molar-refractivity contribution is -0.121. The lowest BCUT2D eigenvalue weighted by Gasteiger charge is -2.09.